The van der Waals surface area contributed by atoms with E-state index >= 15 is 0 Å². The first-order valence-electron chi connectivity index (χ1n) is 9.34. The lowest BCUT2D eigenvalue weighted by Gasteiger charge is -2.27. The minimum absolute atomic E-state index is 0.0153. The number of rotatable bonds is 4. The number of hydrogen-bond acceptors (Lipinski definition) is 8. The molecule has 150 valence electrons. The fourth-order valence-corrected chi connectivity index (χ4v) is 3.86. The normalized spacial score (nSPS) is 20.0. The van der Waals surface area contributed by atoms with E-state index < -0.39 is 0 Å². The van der Waals surface area contributed by atoms with Gasteiger partial charge in [-0.25, -0.2) is 0 Å². The summed E-state index contributed by atoms with van der Waals surface area (Å²) in [6.45, 7) is 2.54. The summed E-state index contributed by atoms with van der Waals surface area (Å²) in [5.74, 6) is 2.58. The minimum atomic E-state index is -0.369. The topological polar surface area (TPSA) is 84.8 Å². The first kappa shape index (κ1) is 17.7. The van der Waals surface area contributed by atoms with Crippen LogP contribution in [0.5, 0.6) is 28.7 Å². The van der Waals surface area contributed by atoms with Crippen molar-refractivity contribution < 1.29 is 33.3 Å². The van der Waals surface area contributed by atoms with Crippen LogP contribution in [0.25, 0.3) is 0 Å². The highest BCUT2D eigenvalue weighted by molar-refractivity contribution is 6.19. The molecule has 1 atom stereocenters. The summed E-state index contributed by atoms with van der Waals surface area (Å²) in [6.07, 6.45) is 0.217. The largest absolute Gasteiger partial charge is 0.496 e. The molecule has 0 fully saturated rings. The molecule has 0 radical (unpaired) electrons. The molecular formula is C21H19NO7. The van der Waals surface area contributed by atoms with E-state index in [1.165, 1.54) is 0 Å². The number of ketones is 1. The van der Waals surface area contributed by atoms with E-state index in [-0.39, 0.29) is 31.7 Å². The van der Waals surface area contributed by atoms with Gasteiger partial charge in [0.1, 0.15) is 12.4 Å². The Hall–Kier alpha value is -3.42. The summed E-state index contributed by atoms with van der Waals surface area (Å²) < 4.78 is 27.5. The predicted molar refractivity (Wildman–Crippen MR) is 102 cm³/mol. The quantitative estimate of drug-likeness (QED) is 0.732. The number of oxime groups is 1. The number of nitrogens with zero attached hydrogens (tertiary/aromatic N) is 1. The molecule has 1 aliphatic carbocycles. The average molecular weight is 397 g/mol. The van der Waals surface area contributed by atoms with Crippen molar-refractivity contribution in [2.45, 2.75) is 19.3 Å². The van der Waals surface area contributed by atoms with Crippen molar-refractivity contribution in [1.82, 2.24) is 0 Å². The number of fused-ring (bicyclic) bond motifs is 3. The molecular weight excluding hydrogens is 378 g/mol. The van der Waals surface area contributed by atoms with E-state index in [1.807, 2.05) is 13.0 Å². The van der Waals surface area contributed by atoms with Crippen molar-refractivity contribution in [2.75, 3.05) is 27.3 Å². The zero-order chi connectivity index (χ0) is 20.0. The molecule has 3 aliphatic rings. The maximum Gasteiger partial charge on any atom is 0.231 e. The van der Waals surface area contributed by atoms with Crippen molar-refractivity contribution in [1.29, 1.82) is 0 Å². The summed E-state index contributed by atoms with van der Waals surface area (Å²) in [5.41, 5.74) is 2.64. The van der Waals surface area contributed by atoms with Crippen LogP contribution in [0, 0.1) is 0 Å². The van der Waals surface area contributed by atoms with Crippen LogP contribution in [-0.2, 0) is 4.84 Å². The Bertz CT molecular complexity index is 1030. The van der Waals surface area contributed by atoms with Crippen molar-refractivity contribution in [3.05, 3.63) is 41.0 Å². The van der Waals surface area contributed by atoms with Gasteiger partial charge in [0.05, 0.1) is 12.8 Å². The Kier molecular flexibility index (Phi) is 4.19. The second kappa shape index (κ2) is 6.88. The third kappa shape index (κ3) is 2.83. The molecule has 2 aliphatic heterocycles. The van der Waals surface area contributed by atoms with Gasteiger partial charge in [-0.2, -0.15) is 0 Å². The molecule has 1 unspecified atom stereocenters. The van der Waals surface area contributed by atoms with Crippen molar-refractivity contribution in [2.24, 2.45) is 5.16 Å². The average Bonchev–Trinajstić information content (AvgIpc) is 3.39. The van der Waals surface area contributed by atoms with E-state index in [0.717, 1.165) is 5.56 Å². The molecule has 0 spiro atoms. The van der Waals surface area contributed by atoms with Gasteiger partial charge in [-0.3, -0.25) is 4.79 Å². The van der Waals surface area contributed by atoms with Gasteiger partial charge in [0.15, 0.2) is 28.8 Å². The van der Waals surface area contributed by atoms with Crippen LogP contribution in [-0.4, -0.2) is 38.8 Å². The Morgan fingerprint density at radius 3 is 2.24 bits per heavy atom. The molecule has 0 saturated heterocycles. The van der Waals surface area contributed by atoms with Crippen LogP contribution in [0.1, 0.15) is 40.7 Å². The summed E-state index contributed by atoms with van der Waals surface area (Å²) in [5, 5.41) is 4.37. The second-order valence-electron chi connectivity index (χ2n) is 6.77. The van der Waals surface area contributed by atoms with E-state index in [2.05, 4.69) is 5.16 Å². The predicted octanol–water partition coefficient (Wildman–Crippen LogP) is 3.26. The van der Waals surface area contributed by atoms with Crippen LogP contribution < -0.4 is 23.7 Å². The van der Waals surface area contributed by atoms with Crippen LogP contribution in [0.2, 0.25) is 0 Å². The molecule has 0 amide bonds. The van der Waals surface area contributed by atoms with Gasteiger partial charge in [-0.15, -0.1) is 0 Å². The fourth-order valence-electron chi connectivity index (χ4n) is 3.86. The van der Waals surface area contributed by atoms with Gasteiger partial charge >= 0.3 is 0 Å². The van der Waals surface area contributed by atoms with Crippen molar-refractivity contribution >= 4 is 11.5 Å². The van der Waals surface area contributed by atoms with Gasteiger partial charge in [0, 0.05) is 35.1 Å². The number of carbonyl (C=O) groups excluding carboxylic acids is 1. The molecule has 8 heteroatoms. The third-order valence-electron chi connectivity index (χ3n) is 5.20. The van der Waals surface area contributed by atoms with Crippen LogP contribution in [0.4, 0.5) is 0 Å². The molecule has 0 saturated carbocycles. The monoisotopic (exact) mass is 397 g/mol. The number of methoxy groups -OCH3 is 1. The summed E-state index contributed by atoms with van der Waals surface area (Å²) in [7, 11) is 1.58. The fraction of sp³-hybridized carbons (Fsp3) is 0.333. The van der Waals surface area contributed by atoms with Gasteiger partial charge < -0.3 is 28.5 Å². The molecule has 29 heavy (non-hydrogen) atoms. The number of ether oxygens (including phenoxy) is 5. The SMILES string of the molecule is CCON=C1c2cc3c(cc2C(=O)CC1c1cc2c(cc1OC)OCO2)OCO3. The Balaban J connectivity index is 1.67. The highest BCUT2D eigenvalue weighted by Gasteiger charge is 2.37. The molecule has 2 aromatic rings. The van der Waals surface area contributed by atoms with Crippen LogP contribution >= 0.6 is 0 Å². The van der Waals surface area contributed by atoms with Gasteiger partial charge in [-0.1, -0.05) is 5.16 Å². The number of Topliss-reactive ketones (excluding diaryl/α,β-unsaturated/α-hetero) is 1. The van der Waals surface area contributed by atoms with Gasteiger partial charge in [-0.05, 0) is 25.1 Å². The Morgan fingerprint density at radius 1 is 0.966 bits per heavy atom. The van der Waals surface area contributed by atoms with E-state index in [0.29, 0.717) is 52.2 Å². The molecule has 5 rings (SSSR count). The number of hydrogen-bond donors (Lipinski definition) is 0. The van der Waals surface area contributed by atoms with Gasteiger partial charge in [0.2, 0.25) is 13.6 Å². The third-order valence-corrected chi connectivity index (χ3v) is 5.20. The second-order valence-corrected chi connectivity index (χ2v) is 6.77. The van der Waals surface area contributed by atoms with Crippen LogP contribution in [0.15, 0.2) is 29.4 Å². The molecule has 8 nitrogen and oxygen atoms in total. The summed E-state index contributed by atoms with van der Waals surface area (Å²) in [6, 6.07) is 7.13. The number of carbonyl (C=O) groups is 1. The van der Waals surface area contributed by atoms with Crippen molar-refractivity contribution in [3.8, 4) is 28.7 Å². The summed E-state index contributed by atoms with van der Waals surface area (Å²) >= 11 is 0. The zero-order valence-corrected chi connectivity index (χ0v) is 16.0. The molecule has 2 heterocycles. The molecule has 0 aromatic heterocycles. The first-order valence-corrected chi connectivity index (χ1v) is 9.34. The molecule has 0 bridgehead atoms. The lowest BCUT2D eigenvalue weighted by Crippen LogP contribution is -2.27. The molecule has 2 aromatic carbocycles. The zero-order valence-electron chi connectivity index (χ0n) is 16.0. The smallest absolute Gasteiger partial charge is 0.231 e. The minimum Gasteiger partial charge on any atom is -0.496 e. The van der Waals surface area contributed by atoms with Gasteiger partial charge in [0.25, 0.3) is 0 Å². The highest BCUT2D eigenvalue weighted by atomic mass is 16.7. The van der Waals surface area contributed by atoms with E-state index in [9.17, 15) is 4.79 Å². The maximum absolute atomic E-state index is 13.0. The number of benzene rings is 2. The first-order chi connectivity index (χ1) is 14.2. The van der Waals surface area contributed by atoms with E-state index in [1.54, 1.807) is 25.3 Å². The lowest BCUT2D eigenvalue weighted by atomic mass is 9.77. The standard InChI is InChI=1S/C21H19NO7/c1-3-29-22-21-13(12-6-18-20(28-10-26-18)8-16(12)24-2)4-15(23)11-5-17-19(7-14(11)21)27-9-25-17/h5-8,13H,3-4,9-10H2,1-2H3. The van der Waals surface area contributed by atoms with E-state index in [4.69, 9.17) is 28.5 Å². The highest BCUT2D eigenvalue weighted by Crippen LogP contribution is 2.46. The van der Waals surface area contributed by atoms with Crippen molar-refractivity contribution in [3.63, 3.8) is 0 Å². The summed E-state index contributed by atoms with van der Waals surface area (Å²) in [4.78, 5) is 18.4. The molecule has 0 N–H and O–H groups in total. The Labute approximate surface area is 166 Å². The maximum atomic E-state index is 13.0. The van der Waals surface area contributed by atoms with Crippen LogP contribution in [0.3, 0.4) is 0 Å². The Morgan fingerprint density at radius 2 is 1.59 bits per heavy atom. The lowest BCUT2D eigenvalue weighted by molar-refractivity contribution is 0.0974.